The Kier molecular flexibility index (Phi) is 5.45. The van der Waals surface area contributed by atoms with Crippen LogP contribution in [0.2, 0.25) is 0 Å². The van der Waals surface area contributed by atoms with Gasteiger partial charge in [0.1, 0.15) is 0 Å². The molecule has 2 amide bonds. The number of hydrogen-bond acceptors (Lipinski definition) is 3. The molecule has 6 heteroatoms. The van der Waals surface area contributed by atoms with Crippen molar-refractivity contribution < 1.29 is 14.7 Å². The van der Waals surface area contributed by atoms with Crippen LogP contribution in [-0.2, 0) is 4.79 Å². The lowest BCUT2D eigenvalue weighted by Gasteiger charge is -2.48. The van der Waals surface area contributed by atoms with Gasteiger partial charge >= 0.3 is 12.0 Å². The van der Waals surface area contributed by atoms with Crippen LogP contribution in [0, 0.1) is 0 Å². The van der Waals surface area contributed by atoms with Gasteiger partial charge in [0, 0.05) is 45.2 Å². The highest BCUT2D eigenvalue weighted by molar-refractivity contribution is 5.75. The summed E-state index contributed by atoms with van der Waals surface area (Å²) in [6, 6.07) is 0.776. The van der Waals surface area contributed by atoms with E-state index in [1.165, 1.54) is 19.3 Å². The minimum atomic E-state index is -0.806. The van der Waals surface area contributed by atoms with Crippen molar-refractivity contribution in [2.45, 2.75) is 51.1 Å². The van der Waals surface area contributed by atoms with Crippen molar-refractivity contribution in [1.82, 2.24) is 14.7 Å². The molecule has 2 rings (SSSR count). The molecule has 2 saturated heterocycles. The van der Waals surface area contributed by atoms with Crippen LogP contribution in [0.3, 0.4) is 0 Å². The molecular weight excluding hydrogens is 270 g/mol. The molecule has 0 aromatic rings. The van der Waals surface area contributed by atoms with Crippen LogP contribution in [0.15, 0.2) is 0 Å². The van der Waals surface area contributed by atoms with Crippen LogP contribution >= 0.6 is 0 Å². The van der Waals surface area contributed by atoms with Gasteiger partial charge in [-0.3, -0.25) is 9.69 Å². The Balaban J connectivity index is 1.87. The lowest BCUT2D eigenvalue weighted by molar-refractivity contribution is -0.137. The highest BCUT2D eigenvalue weighted by Gasteiger charge is 2.36. The van der Waals surface area contributed by atoms with Gasteiger partial charge in [-0.25, -0.2) is 4.79 Å². The zero-order chi connectivity index (χ0) is 15.4. The molecule has 2 atom stereocenters. The maximum Gasteiger partial charge on any atom is 0.320 e. The summed E-state index contributed by atoms with van der Waals surface area (Å²) in [6.45, 7) is 5.53. The Hall–Kier alpha value is -1.30. The van der Waals surface area contributed by atoms with E-state index in [-0.39, 0.29) is 18.5 Å². The molecule has 21 heavy (non-hydrogen) atoms. The molecule has 6 nitrogen and oxygen atoms in total. The second-order valence-electron chi connectivity index (χ2n) is 6.35. The van der Waals surface area contributed by atoms with E-state index >= 15 is 0 Å². The van der Waals surface area contributed by atoms with Crippen molar-refractivity contribution in [3.05, 3.63) is 0 Å². The lowest BCUT2D eigenvalue weighted by atomic mass is 9.97. The monoisotopic (exact) mass is 297 g/mol. The first kappa shape index (κ1) is 16.1. The van der Waals surface area contributed by atoms with Crippen LogP contribution in [-0.4, -0.2) is 77.1 Å². The number of carbonyl (C=O) groups excluding carboxylic acids is 1. The SMILES string of the molecule is CC1CN2CCCCC2CN1C(=O)N(C)CCCC(=O)O. The van der Waals surface area contributed by atoms with E-state index in [2.05, 4.69) is 11.8 Å². The highest BCUT2D eigenvalue weighted by atomic mass is 16.4. The summed E-state index contributed by atoms with van der Waals surface area (Å²) in [5.41, 5.74) is 0. The number of aliphatic carboxylic acids is 1. The number of fused-ring (bicyclic) bond motifs is 1. The molecule has 2 fully saturated rings. The highest BCUT2D eigenvalue weighted by Crippen LogP contribution is 2.24. The van der Waals surface area contributed by atoms with E-state index in [0.717, 1.165) is 19.6 Å². The zero-order valence-corrected chi connectivity index (χ0v) is 13.1. The van der Waals surface area contributed by atoms with Crippen molar-refractivity contribution in [2.24, 2.45) is 0 Å². The summed E-state index contributed by atoms with van der Waals surface area (Å²) in [6.07, 6.45) is 4.33. The van der Waals surface area contributed by atoms with E-state index in [4.69, 9.17) is 5.11 Å². The number of rotatable bonds is 4. The summed E-state index contributed by atoms with van der Waals surface area (Å²) >= 11 is 0. The molecule has 2 unspecified atom stereocenters. The minimum Gasteiger partial charge on any atom is -0.481 e. The summed E-state index contributed by atoms with van der Waals surface area (Å²) in [4.78, 5) is 29.2. The number of carboxylic acid groups (broad SMARTS) is 1. The van der Waals surface area contributed by atoms with Gasteiger partial charge in [0.15, 0.2) is 0 Å². The molecule has 0 radical (unpaired) electrons. The van der Waals surface area contributed by atoms with Crippen molar-refractivity contribution in [2.75, 3.05) is 33.2 Å². The molecular formula is C15H27N3O3. The van der Waals surface area contributed by atoms with Crippen molar-refractivity contribution in [1.29, 1.82) is 0 Å². The maximum atomic E-state index is 12.5. The summed E-state index contributed by atoms with van der Waals surface area (Å²) in [5.74, 6) is -0.806. The number of amides is 2. The van der Waals surface area contributed by atoms with Crippen LogP contribution in [0.4, 0.5) is 4.79 Å². The summed E-state index contributed by atoms with van der Waals surface area (Å²) in [5, 5.41) is 8.67. The number of piperidine rings is 1. The van der Waals surface area contributed by atoms with E-state index in [0.29, 0.717) is 19.0 Å². The van der Waals surface area contributed by atoms with Gasteiger partial charge in [-0.1, -0.05) is 6.42 Å². The molecule has 0 aliphatic carbocycles. The molecule has 2 heterocycles. The average Bonchev–Trinajstić information content (AvgIpc) is 2.45. The first-order valence-corrected chi connectivity index (χ1v) is 7.96. The summed E-state index contributed by atoms with van der Waals surface area (Å²) < 4.78 is 0. The Labute approximate surface area is 126 Å². The van der Waals surface area contributed by atoms with E-state index in [1.807, 2.05) is 4.90 Å². The number of nitrogens with zero attached hydrogens (tertiary/aromatic N) is 3. The third-order valence-corrected chi connectivity index (χ3v) is 4.64. The van der Waals surface area contributed by atoms with Crippen molar-refractivity contribution in [3.63, 3.8) is 0 Å². The molecule has 2 aliphatic rings. The minimum absolute atomic E-state index is 0.0399. The van der Waals surface area contributed by atoms with Gasteiger partial charge < -0.3 is 14.9 Å². The van der Waals surface area contributed by atoms with Gasteiger partial charge in [-0.15, -0.1) is 0 Å². The van der Waals surface area contributed by atoms with Gasteiger partial charge in [-0.05, 0) is 32.7 Å². The lowest BCUT2D eigenvalue weighted by Crippen LogP contribution is -2.61. The molecule has 2 aliphatic heterocycles. The number of piperazine rings is 1. The Bertz CT molecular complexity index is 388. The number of carbonyl (C=O) groups is 2. The second-order valence-corrected chi connectivity index (χ2v) is 6.35. The second kappa shape index (κ2) is 7.11. The fourth-order valence-electron chi connectivity index (χ4n) is 3.40. The van der Waals surface area contributed by atoms with Gasteiger partial charge in [-0.2, -0.15) is 0 Å². The van der Waals surface area contributed by atoms with Crippen LogP contribution in [0.25, 0.3) is 0 Å². The van der Waals surface area contributed by atoms with Crippen LogP contribution in [0.5, 0.6) is 0 Å². The summed E-state index contributed by atoms with van der Waals surface area (Å²) in [7, 11) is 1.77. The Morgan fingerprint density at radius 1 is 1.29 bits per heavy atom. The average molecular weight is 297 g/mol. The molecule has 0 aromatic heterocycles. The number of urea groups is 1. The Morgan fingerprint density at radius 3 is 2.76 bits per heavy atom. The van der Waals surface area contributed by atoms with Gasteiger partial charge in [0.2, 0.25) is 0 Å². The topological polar surface area (TPSA) is 64.1 Å². The van der Waals surface area contributed by atoms with Crippen LogP contribution in [0.1, 0.15) is 39.0 Å². The quantitative estimate of drug-likeness (QED) is 0.853. The third-order valence-electron chi connectivity index (χ3n) is 4.64. The largest absolute Gasteiger partial charge is 0.481 e. The van der Waals surface area contributed by atoms with E-state index in [1.54, 1.807) is 11.9 Å². The van der Waals surface area contributed by atoms with Gasteiger partial charge in [0.05, 0.1) is 0 Å². The first-order valence-electron chi connectivity index (χ1n) is 7.96. The van der Waals surface area contributed by atoms with E-state index < -0.39 is 5.97 Å². The molecule has 0 aromatic carbocycles. The normalized spacial score (nSPS) is 26.3. The first-order chi connectivity index (χ1) is 9.99. The predicted octanol–water partition coefficient (Wildman–Crippen LogP) is 1.46. The van der Waals surface area contributed by atoms with E-state index in [9.17, 15) is 9.59 Å². The Morgan fingerprint density at radius 2 is 2.05 bits per heavy atom. The van der Waals surface area contributed by atoms with Crippen LogP contribution < -0.4 is 0 Å². The standard InChI is InChI=1S/C15H27N3O3/c1-12-10-17-9-4-3-6-13(17)11-18(12)15(21)16(2)8-5-7-14(19)20/h12-13H,3-11H2,1-2H3,(H,19,20). The van der Waals surface area contributed by atoms with Crippen molar-refractivity contribution in [3.8, 4) is 0 Å². The fraction of sp³-hybridized carbons (Fsp3) is 0.867. The van der Waals surface area contributed by atoms with Gasteiger partial charge in [0.25, 0.3) is 0 Å². The molecule has 1 N–H and O–H groups in total. The number of carboxylic acids is 1. The molecule has 0 bridgehead atoms. The number of hydrogen-bond donors (Lipinski definition) is 1. The predicted molar refractivity (Wildman–Crippen MR) is 80.3 cm³/mol. The maximum absolute atomic E-state index is 12.5. The zero-order valence-electron chi connectivity index (χ0n) is 13.1. The third kappa shape index (κ3) is 4.09. The molecule has 0 saturated carbocycles. The fourth-order valence-corrected chi connectivity index (χ4v) is 3.40. The smallest absolute Gasteiger partial charge is 0.320 e. The van der Waals surface area contributed by atoms with Crippen molar-refractivity contribution >= 4 is 12.0 Å². The molecule has 0 spiro atoms. The molecule has 120 valence electrons.